The summed E-state index contributed by atoms with van der Waals surface area (Å²) in [6.07, 6.45) is 4.41. The second-order valence-electron chi connectivity index (χ2n) is 5.92. The van der Waals surface area contributed by atoms with Gasteiger partial charge in [-0.25, -0.2) is 4.98 Å². The second-order valence-corrected chi connectivity index (χ2v) is 7.88. The molecule has 0 unspecified atom stereocenters. The van der Waals surface area contributed by atoms with E-state index in [1.54, 1.807) is 29.5 Å². The van der Waals surface area contributed by atoms with Gasteiger partial charge in [0.2, 0.25) is 5.91 Å². The summed E-state index contributed by atoms with van der Waals surface area (Å²) in [5.74, 6) is -0.339. The molecule has 8 heteroatoms. The van der Waals surface area contributed by atoms with Crippen molar-refractivity contribution in [1.82, 2.24) is 9.55 Å². The van der Waals surface area contributed by atoms with Crippen LogP contribution < -0.4 is 10.9 Å². The van der Waals surface area contributed by atoms with E-state index in [1.807, 2.05) is 0 Å². The van der Waals surface area contributed by atoms with Gasteiger partial charge in [-0.3, -0.25) is 14.2 Å². The van der Waals surface area contributed by atoms with Crippen LogP contribution in [0.25, 0.3) is 10.2 Å². The van der Waals surface area contributed by atoms with E-state index in [0.717, 1.165) is 29.7 Å². The zero-order chi connectivity index (χ0) is 17.6. The van der Waals surface area contributed by atoms with Gasteiger partial charge in [0.05, 0.1) is 11.7 Å². The predicted octanol–water partition coefficient (Wildman–Crippen LogP) is 3.89. The van der Waals surface area contributed by atoms with E-state index in [9.17, 15) is 9.59 Å². The Labute approximate surface area is 157 Å². The lowest BCUT2D eigenvalue weighted by atomic mass is 10.2. The van der Waals surface area contributed by atoms with Gasteiger partial charge >= 0.3 is 0 Å². The molecule has 2 aromatic heterocycles. The minimum atomic E-state index is -0.339. The number of carbonyl (C=O) groups excluding carboxylic acids is 1. The zero-order valence-electron chi connectivity index (χ0n) is 13.0. The monoisotopic (exact) mass is 393 g/mol. The van der Waals surface area contributed by atoms with Crippen LogP contribution in [0.4, 0.5) is 5.69 Å². The number of aryl methyl sites for hydroxylation is 2. The molecule has 0 saturated heterocycles. The SMILES string of the molecule is O=C(Cn1cnc2sc3c(c2c1=O)CCC3)Nc1cc(Cl)cc(Cl)c1. The van der Waals surface area contributed by atoms with Gasteiger partial charge in [-0.2, -0.15) is 0 Å². The van der Waals surface area contributed by atoms with Crippen molar-refractivity contribution in [2.45, 2.75) is 25.8 Å². The number of aromatic nitrogens is 2. The number of nitrogens with one attached hydrogen (secondary N) is 1. The van der Waals surface area contributed by atoms with E-state index in [4.69, 9.17) is 23.2 Å². The fraction of sp³-hybridized carbons (Fsp3) is 0.235. The first-order chi connectivity index (χ1) is 12.0. The molecular formula is C17H13Cl2N3O2S. The first-order valence-electron chi connectivity index (χ1n) is 7.77. The number of hydrogen-bond donors (Lipinski definition) is 1. The van der Waals surface area contributed by atoms with Crippen molar-refractivity contribution in [2.24, 2.45) is 0 Å². The minimum absolute atomic E-state index is 0.115. The molecule has 1 aliphatic rings. The summed E-state index contributed by atoms with van der Waals surface area (Å²) in [5.41, 5.74) is 1.43. The van der Waals surface area contributed by atoms with Gasteiger partial charge in [0, 0.05) is 20.6 Å². The van der Waals surface area contributed by atoms with Crippen molar-refractivity contribution in [2.75, 3.05) is 5.32 Å². The maximum absolute atomic E-state index is 12.8. The molecule has 0 atom stereocenters. The van der Waals surface area contributed by atoms with Gasteiger partial charge in [-0.15, -0.1) is 11.3 Å². The van der Waals surface area contributed by atoms with E-state index < -0.39 is 0 Å². The Balaban J connectivity index is 1.61. The normalized spacial score (nSPS) is 13.2. The van der Waals surface area contributed by atoms with Crippen LogP contribution in [0.2, 0.25) is 10.0 Å². The fourth-order valence-corrected chi connectivity index (χ4v) is 4.86. The molecule has 25 heavy (non-hydrogen) atoms. The Kier molecular flexibility index (Phi) is 4.27. The number of nitrogens with zero attached hydrogens (tertiary/aromatic N) is 2. The van der Waals surface area contributed by atoms with Gasteiger partial charge in [-0.1, -0.05) is 23.2 Å². The average Bonchev–Trinajstić information content (AvgIpc) is 3.09. The molecule has 1 N–H and O–H groups in total. The summed E-state index contributed by atoms with van der Waals surface area (Å²) in [7, 11) is 0. The minimum Gasteiger partial charge on any atom is -0.324 e. The summed E-state index contributed by atoms with van der Waals surface area (Å²) < 4.78 is 1.34. The molecule has 0 radical (unpaired) electrons. The highest BCUT2D eigenvalue weighted by atomic mass is 35.5. The number of amides is 1. The summed E-state index contributed by atoms with van der Waals surface area (Å²) >= 11 is 13.4. The highest BCUT2D eigenvalue weighted by Crippen LogP contribution is 2.34. The molecule has 128 valence electrons. The number of hydrogen-bond acceptors (Lipinski definition) is 4. The smallest absolute Gasteiger partial charge is 0.262 e. The Bertz CT molecular complexity index is 1040. The maximum atomic E-state index is 12.8. The van der Waals surface area contributed by atoms with Crippen molar-refractivity contribution >= 4 is 56.3 Å². The molecule has 2 heterocycles. The first kappa shape index (κ1) is 16.6. The van der Waals surface area contributed by atoms with E-state index in [0.29, 0.717) is 21.1 Å². The van der Waals surface area contributed by atoms with Gasteiger partial charge in [0.25, 0.3) is 5.56 Å². The lowest BCUT2D eigenvalue weighted by Gasteiger charge is -2.08. The van der Waals surface area contributed by atoms with Crippen LogP contribution in [0, 0.1) is 0 Å². The predicted molar refractivity (Wildman–Crippen MR) is 101 cm³/mol. The Morgan fingerprint density at radius 2 is 2.00 bits per heavy atom. The highest BCUT2D eigenvalue weighted by Gasteiger charge is 2.21. The van der Waals surface area contributed by atoms with Crippen LogP contribution in [0.15, 0.2) is 29.3 Å². The molecule has 1 aliphatic carbocycles. The molecule has 1 amide bonds. The maximum Gasteiger partial charge on any atom is 0.262 e. The van der Waals surface area contributed by atoms with Crippen LogP contribution in [0.3, 0.4) is 0 Å². The lowest BCUT2D eigenvalue weighted by molar-refractivity contribution is -0.116. The Morgan fingerprint density at radius 1 is 1.24 bits per heavy atom. The summed E-state index contributed by atoms with van der Waals surface area (Å²) in [6, 6.07) is 4.78. The number of anilines is 1. The van der Waals surface area contributed by atoms with E-state index in [-0.39, 0.29) is 18.0 Å². The summed E-state index contributed by atoms with van der Waals surface area (Å²) in [6.45, 7) is -0.115. The van der Waals surface area contributed by atoms with Crippen LogP contribution in [0.1, 0.15) is 16.9 Å². The topological polar surface area (TPSA) is 64.0 Å². The van der Waals surface area contributed by atoms with Crippen molar-refractivity contribution in [1.29, 1.82) is 0 Å². The van der Waals surface area contributed by atoms with Crippen molar-refractivity contribution < 1.29 is 4.79 Å². The number of halogens is 2. The summed E-state index contributed by atoms with van der Waals surface area (Å²) in [4.78, 5) is 31.4. The number of thiophene rings is 1. The van der Waals surface area contributed by atoms with Crippen LogP contribution in [-0.2, 0) is 24.2 Å². The standard InChI is InChI=1S/C17H13Cl2N3O2S/c18-9-4-10(19)6-11(5-9)21-14(23)7-22-8-20-16-15(17(22)24)12-2-1-3-13(12)25-16/h4-6,8H,1-3,7H2,(H,21,23). The van der Waals surface area contributed by atoms with E-state index in [1.165, 1.54) is 15.8 Å². The lowest BCUT2D eigenvalue weighted by Crippen LogP contribution is -2.28. The van der Waals surface area contributed by atoms with E-state index in [2.05, 4.69) is 10.3 Å². The molecular weight excluding hydrogens is 381 g/mol. The quantitative estimate of drug-likeness (QED) is 0.733. The molecule has 0 saturated carbocycles. The second kappa shape index (κ2) is 6.44. The van der Waals surface area contributed by atoms with Gasteiger partial charge in [0.15, 0.2) is 0 Å². The molecule has 0 bridgehead atoms. The van der Waals surface area contributed by atoms with E-state index >= 15 is 0 Å². The third-order valence-corrected chi connectivity index (χ3v) is 5.79. The first-order valence-corrected chi connectivity index (χ1v) is 9.34. The zero-order valence-corrected chi connectivity index (χ0v) is 15.3. The third-order valence-electron chi connectivity index (χ3n) is 4.15. The number of fused-ring (bicyclic) bond motifs is 3. The molecule has 0 spiro atoms. The molecule has 3 aromatic rings. The molecule has 0 fully saturated rings. The van der Waals surface area contributed by atoms with Crippen LogP contribution >= 0.6 is 34.5 Å². The Morgan fingerprint density at radius 3 is 2.76 bits per heavy atom. The van der Waals surface area contributed by atoms with Gasteiger partial charge in [0.1, 0.15) is 11.4 Å². The Hall–Kier alpha value is -1.89. The average molecular weight is 394 g/mol. The van der Waals surface area contributed by atoms with Gasteiger partial charge in [-0.05, 0) is 43.0 Å². The van der Waals surface area contributed by atoms with Crippen molar-refractivity contribution in [3.8, 4) is 0 Å². The number of carbonyl (C=O) groups is 1. The van der Waals surface area contributed by atoms with Crippen LogP contribution in [0.5, 0.6) is 0 Å². The van der Waals surface area contributed by atoms with Crippen LogP contribution in [-0.4, -0.2) is 15.5 Å². The number of benzene rings is 1. The molecule has 0 aliphatic heterocycles. The highest BCUT2D eigenvalue weighted by molar-refractivity contribution is 7.18. The number of rotatable bonds is 3. The van der Waals surface area contributed by atoms with Crippen molar-refractivity contribution in [3.05, 3.63) is 55.4 Å². The van der Waals surface area contributed by atoms with Crippen molar-refractivity contribution in [3.63, 3.8) is 0 Å². The summed E-state index contributed by atoms with van der Waals surface area (Å²) in [5, 5.41) is 4.22. The van der Waals surface area contributed by atoms with Gasteiger partial charge < -0.3 is 5.32 Å². The largest absolute Gasteiger partial charge is 0.324 e. The molecule has 5 nitrogen and oxygen atoms in total. The molecule has 1 aromatic carbocycles. The molecule has 4 rings (SSSR count). The third kappa shape index (κ3) is 3.17. The fourth-order valence-electron chi connectivity index (χ4n) is 3.11.